The molecule has 1 amide bonds. The molecule has 31 heavy (non-hydrogen) atoms. The quantitative estimate of drug-likeness (QED) is 0.803. The highest BCUT2D eigenvalue weighted by atomic mass is 19.4. The van der Waals surface area contributed by atoms with Gasteiger partial charge in [-0.1, -0.05) is 0 Å². The van der Waals surface area contributed by atoms with Crippen molar-refractivity contribution in [2.24, 2.45) is 18.4 Å². The van der Waals surface area contributed by atoms with Crippen LogP contribution in [-0.2, 0) is 13.2 Å². The topological polar surface area (TPSA) is 85.4 Å². The van der Waals surface area contributed by atoms with Gasteiger partial charge in [-0.2, -0.15) is 18.4 Å². The van der Waals surface area contributed by atoms with E-state index in [4.69, 9.17) is 5.26 Å². The standard InChI is InChI=1S/C21H22F3N5O2/c1-27-13-26-8-18(27)19(31)28-5-4-20(12-30)11-29(10-15(20)9-28)16-3-2-14(7-25)17(6-16)21(22,23)24/h2-3,6,8,13,15,30H,4-5,9-12H2,1H3/t15-,20+/m1/s1. The van der Waals surface area contributed by atoms with E-state index in [2.05, 4.69) is 4.98 Å². The summed E-state index contributed by atoms with van der Waals surface area (Å²) in [6.07, 6.45) is -1.02. The molecule has 164 valence electrons. The van der Waals surface area contributed by atoms with Crippen LogP contribution >= 0.6 is 0 Å². The monoisotopic (exact) mass is 433 g/mol. The molecular formula is C21H22F3N5O2. The lowest BCUT2D eigenvalue weighted by Gasteiger charge is -2.42. The number of hydrogen-bond donors (Lipinski definition) is 1. The number of carbonyl (C=O) groups excluding carboxylic acids is 1. The lowest BCUT2D eigenvalue weighted by Crippen LogP contribution is -2.50. The van der Waals surface area contributed by atoms with E-state index < -0.39 is 22.7 Å². The molecular weight excluding hydrogens is 411 g/mol. The van der Waals surface area contributed by atoms with Crippen LogP contribution in [0, 0.1) is 22.7 Å². The zero-order valence-electron chi connectivity index (χ0n) is 16.9. The average molecular weight is 433 g/mol. The molecule has 1 aromatic heterocycles. The first-order valence-electron chi connectivity index (χ1n) is 9.91. The van der Waals surface area contributed by atoms with Crippen molar-refractivity contribution < 1.29 is 23.1 Å². The number of imidazole rings is 1. The van der Waals surface area contributed by atoms with Crippen LogP contribution in [0.15, 0.2) is 30.7 Å². The van der Waals surface area contributed by atoms with Crippen molar-refractivity contribution in [3.63, 3.8) is 0 Å². The Morgan fingerprint density at radius 2 is 2.16 bits per heavy atom. The lowest BCUT2D eigenvalue weighted by atomic mass is 9.73. The lowest BCUT2D eigenvalue weighted by molar-refractivity contribution is -0.137. The molecule has 1 N–H and O–H groups in total. The average Bonchev–Trinajstić information content (AvgIpc) is 3.35. The van der Waals surface area contributed by atoms with Gasteiger partial charge in [-0.05, 0) is 24.6 Å². The number of benzene rings is 1. The molecule has 2 atom stereocenters. The molecule has 2 aliphatic rings. The van der Waals surface area contributed by atoms with Crippen LogP contribution in [0.1, 0.15) is 28.0 Å². The second-order valence-electron chi connectivity index (χ2n) is 8.33. The molecule has 4 rings (SSSR count). The maximum Gasteiger partial charge on any atom is 0.417 e. The van der Waals surface area contributed by atoms with Gasteiger partial charge in [-0.3, -0.25) is 4.79 Å². The SMILES string of the molecule is Cn1cncc1C(=O)N1CC[C@@]2(CO)CN(c3ccc(C#N)c(C(F)(F)F)c3)C[C@H]2C1. The summed E-state index contributed by atoms with van der Waals surface area (Å²) in [7, 11) is 1.74. The summed E-state index contributed by atoms with van der Waals surface area (Å²) in [4.78, 5) is 20.4. The van der Waals surface area contributed by atoms with E-state index in [0.29, 0.717) is 44.0 Å². The molecule has 10 heteroatoms. The van der Waals surface area contributed by atoms with Gasteiger partial charge in [0.25, 0.3) is 5.91 Å². The van der Waals surface area contributed by atoms with Crippen LogP contribution in [-0.4, -0.2) is 58.3 Å². The van der Waals surface area contributed by atoms with Crippen LogP contribution in [0.2, 0.25) is 0 Å². The minimum absolute atomic E-state index is 0.0894. The van der Waals surface area contributed by atoms with Crippen molar-refractivity contribution in [2.75, 3.05) is 37.7 Å². The predicted octanol–water partition coefficient (Wildman–Crippen LogP) is 2.27. The number of hydrogen-bond acceptors (Lipinski definition) is 5. The number of anilines is 1. The molecule has 3 heterocycles. The number of piperidine rings is 1. The van der Waals surface area contributed by atoms with E-state index in [1.54, 1.807) is 28.9 Å². The Morgan fingerprint density at radius 3 is 2.77 bits per heavy atom. The zero-order valence-corrected chi connectivity index (χ0v) is 16.9. The number of nitriles is 1. The van der Waals surface area contributed by atoms with Crippen LogP contribution in [0.25, 0.3) is 0 Å². The molecule has 2 aliphatic heterocycles. The highest BCUT2D eigenvalue weighted by molar-refractivity contribution is 5.92. The Kier molecular flexibility index (Phi) is 5.17. The summed E-state index contributed by atoms with van der Waals surface area (Å²) >= 11 is 0. The van der Waals surface area contributed by atoms with Crippen LogP contribution < -0.4 is 4.90 Å². The van der Waals surface area contributed by atoms with Gasteiger partial charge in [0.2, 0.25) is 0 Å². The minimum atomic E-state index is -4.63. The van der Waals surface area contributed by atoms with Crippen molar-refractivity contribution >= 4 is 11.6 Å². The van der Waals surface area contributed by atoms with Crippen LogP contribution in [0.5, 0.6) is 0 Å². The first-order valence-corrected chi connectivity index (χ1v) is 9.91. The van der Waals surface area contributed by atoms with E-state index in [1.165, 1.54) is 18.3 Å². The largest absolute Gasteiger partial charge is 0.417 e. The van der Waals surface area contributed by atoms with Gasteiger partial charge < -0.3 is 19.5 Å². The molecule has 0 unspecified atom stereocenters. The number of nitrogens with zero attached hydrogens (tertiary/aromatic N) is 5. The van der Waals surface area contributed by atoms with Gasteiger partial charge in [0.05, 0.1) is 36.3 Å². The summed E-state index contributed by atoms with van der Waals surface area (Å²) in [6.45, 7) is 1.56. The summed E-state index contributed by atoms with van der Waals surface area (Å²) in [5.74, 6) is -0.240. The molecule has 0 saturated carbocycles. The molecule has 0 radical (unpaired) electrons. The van der Waals surface area contributed by atoms with Gasteiger partial charge in [0.15, 0.2) is 0 Å². The molecule has 7 nitrogen and oxygen atoms in total. The maximum absolute atomic E-state index is 13.4. The van der Waals surface area contributed by atoms with Crippen molar-refractivity contribution in [3.8, 4) is 6.07 Å². The van der Waals surface area contributed by atoms with E-state index >= 15 is 0 Å². The Hall–Kier alpha value is -3.06. The molecule has 0 bridgehead atoms. The maximum atomic E-state index is 13.4. The Labute approximate surface area is 177 Å². The van der Waals surface area contributed by atoms with Gasteiger partial charge in [-0.25, -0.2) is 4.98 Å². The van der Waals surface area contributed by atoms with Crippen LogP contribution in [0.4, 0.5) is 18.9 Å². The zero-order chi connectivity index (χ0) is 22.4. The Bertz CT molecular complexity index is 1040. The third-order valence-electron chi connectivity index (χ3n) is 6.56. The number of aliphatic hydroxyl groups is 1. The second kappa shape index (κ2) is 7.57. The fourth-order valence-corrected chi connectivity index (χ4v) is 4.71. The van der Waals surface area contributed by atoms with Crippen LogP contribution in [0.3, 0.4) is 0 Å². The van der Waals surface area contributed by atoms with Crippen molar-refractivity contribution in [1.82, 2.24) is 14.5 Å². The van der Waals surface area contributed by atoms with Crippen molar-refractivity contribution in [2.45, 2.75) is 12.6 Å². The molecule has 0 spiro atoms. The Morgan fingerprint density at radius 1 is 1.39 bits per heavy atom. The minimum Gasteiger partial charge on any atom is -0.396 e. The molecule has 1 aromatic carbocycles. The first kappa shape index (κ1) is 21.2. The smallest absolute Gasteiger partial charge is 0.396 e. The van der Waals surface area contributed by atoms with Gasteiger partial charge >= 0.3 is 6.18 Å². The van der Waals surface area contributed by atoms with Gasteiger partial charge in [0, 0.05) is 50.2 Å². The van der Waals surface area contributed by atoms with E-state index in [9.17, 15) is 23.1 Å². The van der Waals surface area contributed by atoms with Crippen molar-refractivity contribution in [3.05, 3.63) is 47.5 Å². The number of fused-ring (bicyclic) bond motifs is 1. The van der Waals surface area contributed by atoms with E-state index in [-0.39, 0.29) is 18.4 Å². The predicted molar refractivity (Wildman–Crippen MR) is 105 cm³/mol. The van der Waals surface area contributed by atoms with Crippen molar-refractivity contribution in [1.29, 1.82) is 5.26 Å². The normalized spacial score (nSPS) is 23.5. The number of likely N-dealkylation sites (tertiary alicyclic amines) is 1. The second-order valence-corrected chi connectivity index (χ2v) is 8.33. The highest BCUT2D eigenvalue weighted by Gasteiger charge is 2.50. The molecule has 2 fully saturated rings. The fraction of sp³-hybridized carbons (Fsp3) is 0.476. The van der Waals surface area contributed by atoms with Gasteiger partial charge in [-0.15, -0.1) is 0 Å². The summed E-state index contributed by atoms with van der Waals surface area (Å²) in [5.41, 5.74) is -1.05. The highest BCUT2D eigenvalue weighted by Crippen LogP contribution is 2.45. The molecule has 2 saturated heterocycles. The molecule has 2 aromatic rings. The number of rotatable bonds is 3. The summed E-state index contributed by atoms with van der Waals surface area (Å²) in [6, 6.07) is 5.29. The number of aromatic nitrogens is 2. The number of aryl methyl sites for hydroxylation is 1. The third-order valence-corrected chi connectivity index (χ3v) is 6.56. The number of alkyl halides is 3. The number of amides is 1. The fourth-order valence-electron chi connectivity index (χ4n) is 4.71. The number of halogens is 3. The third kappa shape index (κ3) is 3.63. The van der Waals surface area contributed by atoms with E-state index in [0.717, 1.165) is 6.07 Å². The number of carbonyl (C=O) groups is 1. The summed E-state index contributed by atoms with van der Waals surface area (Å²) in [5, 5.41) is 19.2. The van der Waals surface area contributed by atoms with Gasteiger partial charge in [0.1, 0.15) is 5.69 Å². The Balaban J connectivity index is 1.58. The van der Waals surface area contributed by atoms with E-state index in [1.807, 2.05) is 4.90 Å². The molecule has 0 aliphatic carbocycles. The number of aliphatic hydroxyl groups excluding tert-OH is 1. The summed E-state index contributed by atoms with van der Waals surface area (Å²) < 4.78 is 41.8. The first-order chi connectivity index (χ1) is 14.7.